The van der Waals surface area contributed by atoms with E-state index in [0.717, 1.165) is 91.9 Å². The third-order valence-corrected chi connectivity index (χ3v) is 12.9. The number of nitrogens with one attached hydrogen (secondary N) is 2. The first kappa shape index (κ1) is 32.9. The summed E-state index contributed by atoms with van der Waals surface area (Å²) in [5.74, 6) is 3.15. The fraction of sp³-hybridized carbons (Fsp3) is 0.462. The Bertz CT molecular complexity index is 1730. The van der Waals surface area contributed by atoms with Gasteiger partial charge in [0.1, 0.15) is 5.01 Å². The zero-order valence-corrected chi connectivity index (χ0v) is 29.5. The van der Waals surface area contributed by atoms with Gasteiger partial charge in [-0.3, -0.25) is 0 Å². The van der Waals surface area contributed by atoms with Crippen molar-refractivity contribution in [3.63, 3.8) is 0 Å². The van der Waals surface area contributed by atoms with Gasteiger partial charge in [0.25, 0.3) is 0 Å². The van der Waals surface area contributed by atoms with Crippen molar-refractivity contribution in [3.8, 4) is 11.1 Å². The smallest absolute Gasteiger partial charge is 0.315 e. The van der Waals surface area contributed by atoms with Crippen molar-refractivity contribution in [3.05, 3.63) is 100 Å². The highest BCUT2D eigenvalue weighted by Crippen LogP contribution is 2.55. The van der Waals surface area contributed by atoms with Gasteiger partial charge in [-0.1, -0.05) is 89.8 Å². The Balaban J connectivity index is 0.919. The zero-order chi connectivity index (χ0) is 33.4. The van der Waals surface area contributed by atoms with Gasteiger partial charge in [-0.2, -0.15) is 0 Å². The summed E-state index contributed by atoms with van der Waals surface area (Å²) in [6, 6.07) is 24.7. The van der Waals surface area contributed by atoms with Crippen LogP contribution in [0.1, 0.15) is 84.6 Å². The molecule has 10 heteroatoms. The van der Waals surface area contributed by atoms with Crippen molar-refractivity contribution in [2.75, 3.05) is 5.75 Å². The Morgan fingerprint density at radius 3 is 2.27 bits per heavy atom. The van der Waals surface area contributed by atoms with Gasteiger partial charge in [0.05, 0.1) is 18.8 Å². The van der Waals surface area contributed by atoms with Crippen molar-refractivity contribution in [1.82, 2.24) is 20.8 Å². The molecule has 4 bridgehead atoms. The van der Waals surface area contributed by atoms with Crippen LogP contribution < -0.4 is 10.6 Å². The van der Waals surface area contributed by atoms with Crippen LogP contribution in [0.5, 0.6) is 0 Å². The molecule has 4 aliphatic carbocycles. The SMILES string of the molecule is Cc1nnc(SC[C@@H]2C[C@H](c3ccc(CO)cc3)O[C@H](c3ccc(-c4cccc(CNC(=O)NC56CC7CC(CC(C7)C5)C6)c4)cc3)O2)s1. The van der Waals surface area contributed by atoms with Crippen LogP contribution in [0.3, 0.4) is 0 Å². The lowest BCUT2D eigenvalue weighted by atomic mass is 9.53. The molecule has 1 aliphatic heterocycles. The number of benzene rings is 3. The van der Waals surface area contributed by atoms with E-state index in [1.165, 1.54) is 19.3 Å². The number of aliphatic hydroxyl groups excluding tert-OH is 1. The number of thioether (sulfide) groups is 1. The van der Waals surface area contributed by atoms with Crippen molar-refractivity contribution in [2.24, 2.45) is 17.8 Å². The van der Waals surface area contributed by atoms with E-state index in [0.29, 0.717) is 6.54 Å². The number of hydrogen-bond donors (Lipinski definition) is 3. The Kier molecular flexibility index (Phi) is 9.50. The molecular formula is C39H44N4O4S2. The summed E-state index contributed by atoms with van der Waals surface area (Å²) in [4.78, 5) is 13.1. The summed E-state index contributed by atoms with van der Waals surface area (Å²) >= 11 is 3.27. The molecule has 4 aromatic rings. The summed E-state index contributed by atoms with van der Waals surface area (Å²) in [5, 5.41) is 25.5. The fourth-order valence-corrected chi connectivity index (χ4v) is 10.8. The van der Waals surface area contributed by atoms with E-state index >= 15 is 0 Å². The van der Waals surface area contributed by atoms with Crippen LogP contribution in [-0.2, 0) is 22.6 Å². The summed E-state index contributed by atoms with van der Waals surface area (Å²) < 4.78 is 14.0. The van der Waals surface area contributed by atoms with Crippen LogP contribution in [0.2, 0.25) is 0 Å². The first-order valence-electron chi connectivity index (χ1n) is 17.6. The van der Waals surface area contributed by atoms with Crippen LogP contribution in [0.25, 0.3) is 11.1 Å². The van der Waals surface area contributed by atoms with Crippen molar-refractivity contribution in [1.29, 1.82) is 0 Å². The number of hydrogen-bond acceptors (Lipinski definition) is 8. The van der Waals surface area contributed by atoms with Gasteiger partial charge in [-0.25, -0.2) is 4.79 Å². The monoisotopic (exact) mass is 696 g/mol. The molecule has 256 valence electrons. The quantitative estimate of drug-likeness (QED) is 0.144. The maximum Gasteiger partial charge on any atom is 0.315 e. The van der Waals surface area contributed by atoms with Gasteiger partial charge in [0.2, 0.25) is 0 Å². The number of carbonyl (C=O) groups excluding carboxylic acids is 1. The van der Waals surface area contributed by atoms with E-state index in [9.17, 15) is 9.90 Å². The number of aliphatic hydroxyl groups is 1. The molecule has 5 aliphatic rings. The van der Waals surface area contributed by atoms with Crippen molar-refractivity contribution < 1.29 is 19.4 Å². The highest BCUT2D eigenvalue weighted by atomic mass is 32.2. The van der Waals surface area contributed by atoms with E-state index in [-0.39, 0.29) is 30.4 Å². The van der Waals surface area contributed by atoms with Gasteiger partial charge in [0, 0.05) is 29.8 Å². The second-order valence-electron chi connectivity index (χ2n) is 14.6. The molecule has 2 amide bonds. The molecule has 0 spiro atoms. The average molecular weight is 697 g/mol. The molecule has 0 unspecified atom stereocenters. The molecule has 5 fully saturated rings. The van der Waals surface area contributed by atoms with E-state index in [1.54, 1.807) is 23.1 Å². The summed E-state index contributed by atoms with van der Waals surface area (Å²) in [6.07, 6.45) is 7.56. The van der Waals surface area contributed by atoms with E-state index < -0.39 is 6.29 Å². The normalized spacial score (nSPS) is 28.8. The molecule has 4 saturated carbocycles. The van der Waals surface area contributed by atoms with Gasteiger partial charge >= 0.3 is 6.03 Å². The van der Waals surface area contributed by atoms with Gasteiger partial charge in [-0.15, -0.1) is 10.2 Å². The Labute approximate surface area is 296 Å². The average Bonchev–Trinajstić information content (AvgIpc) is 3.54. The molecule has 2 heterocycles. The van der Waals surface area contributed by atoms with Crippen molar-refractivity contribution in [2.45, 2.75) is 93.4 Å². The Morgan fingerprint density at radius 1 is 0.878 bits per heavy atom. The number of carbonyl (C=O) groups is 1. The molecule has 3 aromatic carbocycles. The van der Waals surface area contributed by atoms with Gasteiger partial charge in [0.15, 0.2) is 10.6 Å². The van der Waals surface area contributed by atoms with Gasteiger partial charge in [-0.05, 0) is 97.1 Å². The third-order valence-electron chi connectivity index (χ3n) is 10.8. The fourth-order valence-electron chi connectivity index (χ4n) is 8.95. The summed E-state index contributed by atoms with van der Waals surface area (Å²) in [5.41, 5.74) is 6.18. The first-order chi connectivity index (χ1) is 23.9. The molecular weight excluding hydrogens is 653 g/mol. The minimum atomic E-state index is -0.518. The van der Waals surface area contributed by atoms with Crippen LogP contribution in [0, 0.1) is 24.7 Å². The molecule has 1 saturated heterocycles. The molecule has 9 rings (SSSR count). The lowest BCUT2D eigenvalue weighted by Gasteiger charge is -2.56. The standard InChI is InChI=1S/C39H44N4O4S2/c1-24-42-43-38(49-24)48-23-34-17-35(31-7-5-25(22-44)6-8-31)47-36(46-34)32-11-9-30(10-12-32)33-4-2-3-26(16-33)21-40-37(45)41-39-18-27-13-28(19-39)15-29(14-27)20-39/h2-12,16,27-29,34-36,44H,13-15,17-23H2,1H3,(H2,40,41,45)/t27?,28?,29?,34-,35+,36+,39?/m0/s1. The first-order valence-corrected chi connectivity index (χ1v) is 19.4. The number of rotatable bonds is 10. The molecule has 49 heavy (non-hydrogen) atoms. The lowest BCUT2D eigenvalue weighted by molar-refractivity contribution is -0.245. The number of urea groups is 1. The van der Waals surface area contributed by atoms with E-state index in [2.05, 4.69) is 69.4 Å². The third kappa shape index (κ3) is 7.59. The lowest BCUT2D eigenvalue weighted by Crippen LogP contribution is -2.61. The molecule has 0 radical (unpaired) electrons. The predicted octanol–water partition coefficient (Wildman–Crippen LogP) is 8.11. The maximum absolute atomic E-state index is 13.1. The molecule has 1 aromatic heterocycles. The zero-order valence-electron chi connectivity index (χ0n) is 27.8. The minimum Gasteiger partial charge on any atom is -0.392 e. The summed E-state index contributed by atoms with van der Waals surface area (Å²) in [7, 11) is 0. The number of amides is 2. The van der Waals surface area contributed by atoms with Crippen molar-refractivity contribution >= 4 is 29.1 Å². The van der Waals surface area contributed by atoms with Gasteiger partial charge < -0.3 is 25.2 Å². The van der Waals surface area contributed by atoms with Crippen LogP contribution >= 0.6 is 23.1 Å². The Morgan fingerprint density at radius 2 is 1.59 bits per heavy atom. The predicted molar refractivity (Wildman–Crippen MR) is 192 cm³/mol. The van der Waals surface area contributed by atoms with E-state index in [4.69, 9.17) is 9.47 Å². The molecule has 3 N–H and O–H groups in total. The second-order valence-corrected chi connectivity index (χ2v) is 17.0. The topological polar surface area (TPSA) is 106 Å². The minimum absolute atomic E-state index is 0.00941. The van der Waals surface area contributed by atoms with E-state index in [1.807, 2.05) is 31.2 Å². The maximum atomic E-state index is 13.1. The van der Waals surface area contributed by atoms with Crippen LogP contribution in [-0.4, -0.2) is 38.7 Å². The second kappa shape index (κ2) is 14.2. The van der Waals surface area contributed by atoms with Crippen LogP contribution in [0.15, 0.2) is 77.1 Å². The highest BCUT2D eigenvalue weighted by Gasteiger charge is 2.51. The largest absolute Gasteiger partial charge is 0.392 e. The number of aromatic nitrogens is 2. The number of aryl methyl sites for hydroxylation is 1. The highest BCUT2D eigenvalue weighted by molar-refractivity contribution is 8.01. The summed E-state index contributed by atoms with van der Waals surface area (Å²) in [6.45, 7) is 2.47. The number of nitrogens with zero attached hydrogens (tertiary/aromatic N) is 2. The number of ether oxygens (including phenoxy) is 2. The molecule has 3 atom stereocenters. The Hall–Kier alpha value is -3.28. The molecule has 8 nitrogen and oxygen atoms in total. The van der Waals surface area contributed by atoms with Crippen LogP contribution in [0.4, 0.5) is 4.79 Å².